The van der Waals surface area contributed by atoms with Gasteiger partial charge in [0.05, 0.1) is 0 Å². The fourth-order valence-electron chi connectivity index (χ4n) is 2.32. The highest BCUT2D eigenvalue weighted by atomic mass is 35.5. The third-order valence-electron chi connectivity index (χ3n) is 3.08. The van der Waals surface area contributed by atoms with Gasteiger partial charge in [-0.3, -0.25) is 0 Å². The Balaban J connectivity index is 2.25. The van der Waals surface area contributed by atoms with Crippen molar-refractivity contribution in [2.75, 3.05) is 4.90 Å². The molecule has 1 aromatic rings. The summed E-state index contributed by atoms with van der Waals surface area (Å²) in [7, 11) is 0. The Hall–Kier alpha value is -0.690. The van der Waals surface area contributed by atoms with Crippen LogP contribution in [0.5, 0.6) is 0 Å². The maximum absolute atomic E-state index is 5.87. The van der Waals surface area contributed by atoms with Crippen LogP contribution >= 0.6 is 11.6 Å². The van der Waals surface area contributed by atoms with E-state index < -0.39 is 0 Å². The van der Waals surface area contributed by atoms with Gasteiger partial charge in [-0.25, -0.2) is 0 Å². The maximum Gasteiger partial charge on any atom is 0.0407 e. The molecule has 0 aromatic heterocycles. The number of hydrogen-bond donors (Lipinski definition) is 0. The van der Waals surface area contributed by atoms with Gasteiger partial charge in [0.25, 0.3) is 0 Å². The molecule has 2 heteroatoms. The number of nitrogens with zero attached hydrogens (tertiary/aromatic N) is 1. The Bertz CT molecular complexity index is 297. The van der Waals surface area contributed by atoms with Crippen molar-refractivity contribution in [3.63, 3.8) is 0 Å². The first-order valence-corrected chi connectivity index (χ1v) is 5.60. The van der Waals surface area contributed by atoms with Gasteiger partial charge in [-0.15, -0.1) is 0 Å². The molecule has 1 aromatic carbocycles. The van der Waals surface area contributed by atoms with Crippen molar-refractivity contribution in [3.05, 3.63) is 29.3 Å². The summed E-state index contributed by atoms with van der Waals surface area (Å²) in [6.07, 6.45) is 2.59. The van der Waals surface area contributed by atoms with Crippen LogP contribution in [0.3, 0.4) is 0 Å². The minimum Gasteiger partial charge on any atom is -0.366 e. The molecule has 1 fully saturated rings. The monoisotopic (exact) mass is 209 g/mol. The van der Waals surface area contributed by atoms with Crippen LogP contribution in [0.25, 0.3) is 0 Å². The third kappa shape index (κ3) is 1.74. The summed E-state index contributed by atoms with van der Waals surface area (Å²) in [6.45, 7) is 4.58. The average molecular weight is 210 g/mol. The highest BCUT2D eigenvalue weighted by molar-refractivity contribution is 6.30. The molecular formula is C12H16ClN. The Morgan fingerprint density at radius 1 is 1.07 bits per heavy atom. The molecule has 0 amide bonds. The first-order valence-electron chi connectivity index (χ1n) is 5.22. The summed E-state index contributed by atoms with van der Waals surface area (Å²) in [5.41, 5.74) is 1.30. The summed E-state index contributed by atoms with van der Waals surface area (Å²) < 4.78 is 0. The van der Waals surface area contributed by atoms with E-state index in [-0.39, 0.29) is 0 Å². The molecule has 14 heavy (non-hydrogen) atoms. The van der Waals surface area contributed by atoms with E-state index in [2.05, 4.69) is 30.9 Å². The fourth-order valence-corrected chi connectivity index (χ4v) is 2.44. The van der Waals surface area contributed by atoms with Crippen LogP contribution in [0, 0.1) is 0 Å². The molecule has 0 unspecified atom stereocenters. The predicted molar refractivity (Wildman–Crippen MR) is 62.1 cm³/mol. The molecule has 76 valence electrons. The van der Waals surface area contributed by atoms with E-state index in [1.54, 1.807) is 0 Å². The van der Waals surface area contributed by atoms with Crippen LogP contribution in [0.2, 0.25) is 5.02 Å². The van der Waals surface area contributed by atoms with Crippen molar-refractivity contribution in [2.45, 2.75) is 38.8 Å². The zero-order chi connectivity index (χ0) is 10.1. The Labute approximate surface area is 90.7 Å². The second kappa shape index (κ2) is 3.82. The van der Waals surface area contributed by atoms with E-state index >= 15 is 0 Å². The summed E-state index contributed by atoms with van der Waals surface area (Å²) in [5.74, 6) is 0. The van der Waals surface area contributed by atoms with Gasteiger partial charge < -0.3 is 4.90 Å². The normalized spacial score (nSPS) is 26.9. The summed E-state index contributed by atoms with van der Waals surface area (Å²) in [6, 6.07) is 9.47. The van der Waals surface area contributed by atoms with Crippen LogP contribution in [-0.4, -0.2) is 12.1 Å². The molecule has 0 radical (unpaired) electrons. The van der Waals surface area contributed by atoms with Gasteiger partial charge in [0.1, 0.15) is 0 Å². The van der Waals surface area contributed by atoms with Crippen molar-refractivity contribution in [2.24, 2.45) is 0 Å². The molecule has 0 spiro atoms. The third-order valence-corrected chi connectivity index (χ3v) is 3.33. The molecule has 2 atom stereocenters. The SMILES string of the molecule is C[C@H]1CC[C@H](C)N1c1ccc(Cl)cc1. The van der Waals surface area contributed by atoms with Crippen LogP contribution in [0.1, 0.15) is 26.7 Å². The number of rotatable bonds is 1. The Morgan fingerprint density at radius 3 is 2.07 bits per heavy atom. The van der Waals surface area contributed by atoms with Crippen molar-refractivity contribution < 1.29 is 0 Å². The zero-order valence-electron chi connectivity index (χ0n) is 8.70. The predicted octanol–water partition coefficient (Wildman–Crippen LogP) is 3.72. The van der Waals surface area contributed by atoms with Crippen molar-refractivity contribution in [1.82, 2.24) is 0 Å². The van der Waals surface area contributed by atoms with E-state index in [1.807, 2.05) is 12.1 Å². The largest absolute Gasteiger partial charge is 0.366 e. The molecule has 1 saturated heterocycles. The maximum atomic E-state index is 5.87. The molecule has 0 N–H and O–H groups in total. The van der Waals surface area contributed by atoms with Gasteiger partial charge in [-0.1, -0.05) is 11.6 Å². The molecule has 2 rings (SSSR count). The first kappa shape index (κ1) is 9.85. The molecule has 0 saturated carbocycles. The highest BCUT2D eigenvalue weighted by Gasteiger charge is 2.26. The van der Waals surface area contributed by atoms with E-state index in [9.17, 15) is 0 Å². The molecule has 1 nitrogen and oxygen atoms in total. The molecular weight excluding hydrogens is 194 g/mol. The van der Waals surface area contributed by atoms with Crippen molar-refractivity contribution in [3.8, 4) is 0 Å². The van der Waals surface area contributed by atoms with Gasteiger partial charge >= 0.3 is 0 Å². The van der Waals surface area contributed by atoms with E-state index in [4.69, 9.17) is 11.6 Å². The van der Waals surface area contributed by atoms with Crippen LogP contribution in [-0.2, 0) is 0 Å². The van der Waals surface area contributed by atoms with Gasteiger partial charge in [-0.05, 0) is 51.0 Å². The molecule has 1 heterocycles. The van der Waals surface area contributed by atoms with Crippen molar-refractivity contribution in [1.29, 1.82) is 0 Å². The Morgan fingerprint density at radius 2 is 1.57 bits per heavy atom. The van der Waals surface area contributed by atoms with Crippen LogP contribution in [0.15, 0.2) is 24.3 Å². The standard InChI is InChI=1S/C12H16ClN/c1-9-3-4-10(2)14(9)12-7-5-11(13)6-8-12/h5-10H,3-4H2,1-2H3/t9-,10-/m0/s1. The van der Waals surface area contributed by atoms with Gasteiger partial charge in [-0.2, -0.15) is 0 Å². The molecule has 0 bridgehead atoms. The van der Waals surface area contributed by atoms with Crippen LogP contribution < -0.4 is 4.90 Å². The number of hydrogen-bond acceptors (Lipinski definition) is 1. The zero-order valence-corrected chi connectivity index (χ0v) is 9.46. The smallest absolute Gasteiger partial charge is 0.0407 e. The lowest BCUT2D eigenvalue weighted by molar-refractivity contribution is 0.694. The Kier molecular flexibility index (Phi) is 2.69. The molecule has 1 aliphatic rings. The highest BCUT2D eigenvalue weighted by Crippen LogP contribution is 2.30. The van der Waals surface area contributed by atoms with E-state index in [0.717, 1.165) is 5.02 Å². The van der Waals surface area contributed by atoms with Crippen LogP contribution in [0.4, 0.5) is 5.69 Å². The summed E-state index contributed by atoms with van der Waals surface area (Å²) in [4.78, 5) is 2.48. The summed E-state index contributed by atoms with van der Waals surface area (Å²) in [5, 5.41) is 0.813. The fraction of sp³-hybridized carbons (Fsp3) is 0.500. The topological polar surface area (TPSA) is 3.24 Å². The lowest BCUT2D eigenvalue weighted by Gasteiger charge is -2.28. The van der Waals surface area contributed by atoms with Gasteiger partial charge in [0, 0.05) is 22.8 Å². The number of benzene rings is 1. The van der Waals surface area contributed by atoms with Crippen molar-refractivity contribution >= 4 is 17.3 Å². The lowest BCUT2D eigenvalue weighted by Crippen LogP contribution is -2.32. The lowest BCUT2D eigenvalue weighted by atomic mass is 10.2. The molecule has 0 aliphatic carbocycles. The second-order valence-corrected chi connectivity index (χ2v) is 4.60. The van der Waals surface area contributed by atoms with E-state index in [1.165, 1.54) is 18.5 Å². The number of halogens is 1. The number of anilines is 1. The average Bonchev–Trinajstić information content (AvgIpc) is 2.49. The second-order valence-electron chi connectivity index (χ2n) is 4.16. The van der Waals surface area contributed by atoms with E-state index in [0.29, 0.717) is 12.1 Å². The first-order chi connectivity index (χ1) is 6.68. The molecule has 1 aliphatic heterocycles. The minimum atomic E-state index is 0.658. The minimum absolute atomic E-state index is 0.658. The summed E-state index contributed by atoms with van der Waals surface area (Å²) >= 11 is 5.87. The van der Waals surface area contributed by atoms with Gasteiger partial charge in [0.15, 0.2) is 0 Å². The van der Waals surface area contributed by atoms with Gasteiger partial charge in [0.2, 0.25) is 0 Å². The quantitative estimate of drug-likeness (QED) is 0.682.